The Labute approximate surface area is 225 Å². The van der Waals surface area contributed by atoms with Crippen LogP contribution in [0.25, 0.3) is 5.76 Å². The summed E-state index contributed by atoms with van der Waals surface area (Å²) >= 11 is 1.42. The Morgan fingerprint density at radius 3 is 2.32 bits per heavy atom. The molecular weight excluding hydrogens is 498 g/mol. The van der Waals surface area contributed by atoms with Crippen molar-refractivity contribution in [3.8, 4) is 17.2 Å². The van der Waals surface area contributed by atoms with Gasteiger partial charge in [-0.25, -0.2) is 0 Å². The SMILES string of the molecule is Cc1cccc(Oc2ccc(N3C(=O)C(=O)/C(=C(\O)c4cccc(OC(C)C)c4)C3c3cccs3)cc2)c1. The monoisotopic (exact) mass is 525 g/mol. The highest BCUT2D eigenvalue weighted by atomic mass is 32.1. The van der Waals surface area contributed by atoms with Gasteiger partial charge in [-0.3, -0.25) is 14.5 Å². The predicted molar refractivity (Wildman–Crippen MR) is 149 cm³/mol. The number of ether oxygens (including phenoxy) is 2. The van der Waals surface area contributed by atoms with Gasteiger partial charge in [0.15, 0.2) is 0 Å². The van der Waals surface area contributed by atoms with E-state index in [1.165, 1.54) is 16.2 Å². The zero-order valence-electron chi connectivity index (χ0n) is 21.3. The Bertz CT molecular complexity index is 1510. The van der Waals surface area contributed by atoms with Gasteiger partial charge < -0.3 is 14.6 Å². The van der Waals surface area contributed by atoms with Crippen molar-refractivity contribution in [1.82, 2.24) is 0 Å². The molecule has 1 fully saturated rings. The summed E-state index contributed by atoms with van der Waals surface area (Å²) in [5, 5.41) is 13.2. The molecule has 1 amide bonds. The fraction of sp³-hybridized carbons (Fsp3) is 0.161. The van der Waals surface area contributed by atoms with Gasteiger partial charge in [0.25, 0.3) is 11.7 Å². The topological polar surface area (TPSA) is 76.1 Å². The summed E-state index contributed by atoms with van der Waals surface area (Å²) in [6.45, 7) is 5.81. The highest BCUT2D eigenvalue weighted by Crippen LogP contribution is 2.44. The van der Waals surface area contributed by atoms with Crippen LogP contribution in [0.1, 0.15) is 35.9 Å². The molecule has 0 aliphatic carbocycles. The van der Waals surface area contributed by atoms with Gasteiger partial charge in [-0.15, -0.1) is 11.3 Å². The molecule has 6 nitrogen and oxygen atoms in total. The lowest BCUT2D eigenvalue weighted by Gasteiger charge is -2.24. The molecule has 0 saturated carbocycles. The molecule has 192 valence electrons. The van der Waals surface area contributed by atoms with E-state index in [0.717, 1.165) is 10.4 Å². The Hall–Kier alpha value is -4.36. The number of Topliss-reactive ketones (excluding diaryl/α,β-unsaturated/α-hetero) is 1. The van der Waals surface area contributed by atoms with Gasteiger partial charge in [-0.05, 0) is 86.3 Å². The van der Waals surface area contributed by atoms with Crippen LogP contribution in [0.2, 0.25) is 0 Å². The lowest BCUT2D eigenvalue weighted by atomic mass is 9.99. The predicted octanol–water partition coefficient (Wildman–Crippen LogP) is 7.26. The van der Waals surface area contributed by atoms with Crippen LogP contribution in [0.4, 0.5) is 5.69 Å². The van der Waals surface area contributed by atoms with E-state index >= 15 is 0 Å². The summed E-state index contributed by atoms with van der Waals surface area (Å²) in [5.41, 5.74) is 2.06. The van der Waals surface area contributed by atoms with Crippen molar-refractivity contribution in [3.05, 3.63) is 112 Å². The van der Waals surface area contributed by atoms with Crippen molar-refractivity contribution in [2.45, 2.75) is 32.9 Å². The summed E-state index contributed by atoms with van der Waals surface area (Å²) in [6.07, 6.45) is -0.0537. The maximum Gasteiger partial charge on any atom is 0.300 e. The van der Waals surface area contributed by atoms with E-state index < -0.39 is 17.7 Å². The molecule has 3 aromatic carbocycles. The molecule has 5 rings (SSSR count). The first kappa shape index (κ1) is 25.3. The largest absolute Gasteiger partial charge is 0.507 e. The van der Waals surface area contributed by atoms with Crippen molar-refractivity contribution in [1.29, 1.82) is 0 Å². The van der Waals surface area contributed by atoms with Crippen LogP contribution in [-0.4, -0.2) is 22.9 Å². The molecule has 7 heteroatoms. The van der Waals surface area contributed by atoms with E-state index in [0.29, 0.717) is 28.5 Å². The van der Waals surface area contributed by atoms with Gasteiger partial charge in [0.05, 0.1) is 11.7 Å². The fourth-order valence-electron chi connectivity index (χ4n) is 4.45. The lowest BCUT2D eigenvalue weighted by Crippen LogP contribution is -2.29. The number of anilines is 1. The zero-order chi connectivity index (χ0) is 26.8. The van der Waals surface area contributed by atoms with Crippen LogP contribution in [0.15, 0.2) is 95.9 Å². The van der Waals surface area contributed by atoms with Crippen LogP contribution in [0.5, 0.6) is 17.2 Å². The van der Waals surface area contributed by atoms with Crippen LogP contribution in [0, 0.1) is 6.92 Å². The molecule has 2 heterocycles. The maximum atomic E-state index is 13.4. The molecule has 1 atom stereocenters. The van der Waals surface area contributed by atoms with Crippen molar-refractivity contribution in [2.75, 3.05) is 4.90 Å². The van der Waals surface area contributed by atoms with Crippen molar-refractivity contribution in [2.24, 2.45) is 0 Å². The van der Waals surface area contributed by atoms with Crippen LogP contribution < -0.4 is 14.4 Å². The number of ketones is 1. The van der Waals surface area contributed by atoms with Crippen molar-refractivity contribution >= 4 is 34.5 Å². The number of rotatable bonds is 7. The third kappa shape index (κ3) is 5.06. The average Bonchev–Trinajstić information content (AvgIpc) is 3.51. The number of aliphatic hydroxyl groups excluding tert-OH is 1. The minimum absolute atomic E-state index is 0.0410. The van der Waals surface area contributed by atoms with E-state index in [9.17, 15) is 14.7 Å². The highest BCUT2D eigenvalue weighted by molar-refractivity contribution is 7.10. The molecule has 1 N–H and O–H groups in total. The molecule has 0 radical (unpaired) electrons. The molecule has 1 saturated heterocycles. The number of hydrogen-bond donors (Lipinski definition) is 1. The van der Waals surface area contributed by atoms with Crippen LogP contribution >= 0.6 is 11.3 Å². The molecule has 1 aliphatic rings. The number of aliphatic hydroxyl groups is 1. The van der Waals surface area contributed by atoms with Crippen LogP contribution in [-0.2, 0) is 9.59 Å². The second-order valence-electron chi connectivity index (χ2n) is 9.29. The summed E-state index contributed by atoms with van der Waals surface area (Å²) in [6, 6.07) is 24.6. The van der Waals surface area contributed by atoms with Gasteiger partial charge in [-0.2, -0.15) is 0 Å². The van der Waals surface area contributed by atoms with Gasteiger partial charge >= 0.3 is 0 Å². The normalized spacial score (nSPS) is 16.7. The number of aryl methyl sites for hydroxylation is 1. The number of carbonyl (C=O) groups is 2. The van der Waals surface area contributed by atoms with Gasteiger partial charge in [-0.1, -0.05) is 30.3 Å². The first-order valence-electron chi connectivity index (χ1n) is 12.3. The number of nitrogens with zero attached hydrogens (tertiary/aromatic N) is 1. The minimum atomic E-state index is -0.770. The molecular formula is C31H27NO5S. The molecule has 1 aliphatic heterocycles. The first-order chi connectivity index (χ1) is 18.3. The molecule has 1 unspecified atom stereocenters. The smallest absolute Gasteiger partial charge is 0.300 e. The summed E-state index contributed by atoms with van der Waals surface area (Å²) < 4.78 is 11.7. The third-order valence-corrected chi connectivity index (χ3v) is 7.00. The minimum Gasteiger partial charge on any atom is -0.507 e. The fourth-order valence-corrected chi connectivity index (χ4v) is 5.27. The quantitative estimate of drug-likeness (QED) is 0.156. The Morgan fingerprint density at radius 2 is 1.63 bits per heavy atom. The zero-order valence-corrected chi connectivity index (χ0v) is 22.1. The maximum absolute atomic E-state index is 13.4. The standard InChI is InChI=1S/C31H27NO5S/c1-19(2)36-25-10-5-8-21(18-25)29(33)27-28(26-11-6-16-38-26)32(31(35)30(27)34)22-12-14-23(15-13-22)37-24-9-4-7-20(3)17-24/h4-19,28,33H,1-3H3/b29-27-. The Balaban J connectivity index is 1.53. The number of thiophene rings is 1. The number of hydrogen-bond acceptors (Lipinski definition) is 6. The summed E-state index contributed by atoms with van der Waals surface area (Å²) in [7, 11) is 0. The third-order valence-electron chi connectivity index (χ3n) is 6.08. The average molecular weight is 526 g/mol. The van der Waals surface area contributed by atoms with Crippen molar-refractivity contribution in [3.63, 3.8) is 0 Å². The Kier molecular flexibility index (Phi) is 7.03. The van der Waals surface area contributed by atoms with Gasteiger partial charge in [0, 0.05) is 16.1 Å². The van der Waals surface area contributed by atoms with E-state index in [2.05, 4.69) is 0 Å². The van der Waals surface area contributed by atoms with Crippen LogP contribution in [0.3, 0.4) is 0 Å². The van der Waals surface area contributed by atoms with E-state index in [1.807, 2.05) is 62.5 Å². The van der Waals surface area contributed by atoms with E-state index in [4.69, 9.17) is 9.47 Å². The Morgan fingerprint density at radius 1 is 0.895 bits per heavy atom. The van der Waals surface area contributed by atoms with E-state index in [-0.39, 0.29) is 17.4 Å². The molecule has 1 aromatic heterocycles. The molecule has 4 aromatic rings. The summed E-state index contributed by atoms with van der Waals surface area (Å²) in [5.74, 6) is 0.196. The lowest BCUT2D eigenvalue weighted by molar-refractivity contribution is -0.132. The number of benzene rings is 3. The second-order valence-corrected chi connectivity index (χ2v) is 10.3. The highest BCUT2D eigenvalue weighted by Gasteiger charge is 2.47. The number of carbonyl (C=O) groups excluding carboxylic acids is 2. The molecule has 38 heavy (non-hydrogen) atoms. The second kappa shape index (κ2) is 10.6. The van der Waals surface area contributed by atoms with Gasteiger partial charge in [0.1, 0.15) is 29.0 Å². The number of amides is 1. The first-order valence-corrected chi connectivity index (χ1v) is 13.2. The van der Waals surface area contributed by atoms with Crippen molar-refractivity contribution < 1.29 is 24.2 Å². The molecule has 0 spiro atoms. The van der Waals surface area contributed by atoms with E-state index in [1.54, 1.807) is 48.5 Å². The van der Waals surface area contributed by atoms with Gasteiger partial charge in [0.2, 0.25) is 0 Å². The molecule has 0 bridgehead atoms. The summed E-state index contributed by atoms with van der Waals surface area (Å²) in [4.78, 5) is 28.9.